The van der Waals surface area contributed by atoms with Crippen molar-refractivity contribution in [3.05, 3.63) is 40.1 Å². The molecule has 0 spiro atoms. The number of carbonyl (C=O) groups is 2. The Bertz CT molecular complexity index is 906. The monoisotopic (exact) mass is 412 g/mol. The van der Waals surface area contributed by atoms with Crippen LogP contribution in [0.15, 0.2) is 17.9 Å². The number of hydrogen-bond donors (Lipinski definition) is 0. The summed E-state index contributed by atoms with van der Waals surface area (Å²) < 4.78 is 17.8. The largest absolute Gasteiger partial charge is 0.430 e. The summed E-state index contributed by atoms with van der Waals surface area (Å²) in [4.78, 5) is 26.7. The van der Waals surface area contributed by atoms with E-state index in [4.69, 9.17) is 14.2 Å². The molecule has 5 heteroatoms. The molecule has 0 saturated carbocycles. The number of esters is 1. The van der Waals surface area contributed by atoms with Crippen LogP contribution in [0.4, 0.5) is 0 Å². The Balaban J connectivity index is 1.87. The number of carbonyl (C=O) groups excluding carboxylic acids is 2. The van der Waals surface area contributed by atoms with Gasteiger partial charge in [0.15, 0.2) is 5.78 Å². The van der Waals surface area contributed by atoms with Crippen molar-refractivity contribution in [2.24, 2.45) is 17.8 Å². The predicted octanol–water partition coefficient (Wildman–Crippen LogP) is 4.31. The van der Waals surface area contributed by atoms with E-state index in [0.717, 1.165) is 35.1 Å². The highest BCUT2D eigenvalue weighted by Crippen LogP contribution is 2.60. The molecule has 2 heterocycles. The number of methoxy groups -OCH3 is 1. The highest BCUT2D eigenvalue weighted by atomic mass is 16.6. The normalized spacial score (nSPS) is 30.7. The molecule has 1 aromatic rings. The molecule has 2 saturated heterocycles. The Morgan fingerprint density at radius 2 is 1.93 bits per heavy atom. The lowest BCUT2D eigenvalue weighted by Crippen LogP contribution is -2.44. The van der Waals surface area contributed by atoms with Crippen LogP contribution in [0.3, 0.4) is 0 Å². The van der Waals surface area contributed by atoms with Crippen LogP contribution in [-0.2, 0) is 23.8 Å². The highest BCUT2D eigenvalue weighted by molar-refractivity contribution is 6.26. The maximum absolute atomic E-state index is 13.9. The molecule has 5 nitrogen and oxygen atoms in total. The molecule has 0 aromatic heterocycles. The molecular weight excluding hydrogens is 380 g/mol. The summed E-state index contributed by atoms with van der Waals surface area (Å²) in [7, 11) is 1.64. The van der Waals surface area contributed by atoms with Gasteiger partial charge >= 0.3 is 5.97 Å². The first-order chi connectivity index (χ1) is 14.2. The summed E-state index contributed by atoms with van der Waals surface area (Å²) in [5.74, 6) is -0.519. The van der Waals surface area contributed by atoms with Crippen molar-refractivity contribution in [1.29, 1.82) is 0 Å². The van der Waals surface area contributed by atoms with Gasteiger partial charge in [0, 0.05) is 7.11 Å². The van der Waals surface area contributed by atoms with E-state index in [9.17, 15) is 9.59 Å². The third kappa shape index (κ3) is 3.05. The second-order valence-corrected chi connectivity index (χ2v) is 9.30. The van der Waals surface area contributed by atoms with E-state index in [1.54, 1.807) is 7.11 Å². The Morgan fingerprint density at radius 3 is 2.53 bits per heavy atom. The molecule has 0 N–H and O–H groups in total. The molecule has 162 valence electrons. The van der Waals surface area contributed by atoms with Gasteiger partial charge in [-0.25, -0.2) is 0 Å². The van der Waals surface area contributed by atoms with Gasteiger partial charge in [0.25, 0.3) is 0 Å². The fourth-order valence-electron chi connectivity index (χ4n) is 5.75. The minimum Gasteiger partial charge on any atom is -0.430 e. The van der Waals surface area contributed by atoms with Crippen LogP contribution < -0.4 is 0 Å². The summed E-state index contributed by atoms with van der Waals surface area (Å²) in [6.45, 7) is 10.3. The van der Waals surface area contributed by atoms with Crippen molar-refractivity contribution in [3.63, 3.8) is 0 Å². The fraction of sp³-hybridized carbons (Fsp3) is 0.600. The zero-order chi connectivity index (χ0) is 21.8. The van der Waals surface area contributed by atoms with Crippen molar-refractivity contribution in [2.75, 3.05) is 13.7 Å². The molecule has 1 aromatic carbocycles. The molecule has 4 rings (SSSR count). The average Bonchev–Trinajstić information content (AvgIpc) is 3.32. The zero-order valence-corrected chi connectivity index (χ0v) is 18.8. The van der Waals surface area contributed by atoms with Gasteiger partial charge in [0.05, 0.1) is 36.0 Å². The Labute approximate surface area is 178 Å². The van der Waals surface area contributed by atoms with Gasteiger partial charge in [-0.3, -0.25) is 9.59 Å². The highest BCUT2D eigenvalue weighted by Gasteiger charge is 2.67. The summed E-state index contributed by atoms with van der Waals surface area (Å²) in [5, 5.41) is 0. The topological polar surface area (TPSA) is 61.8 Å². The minimum atomic E-state index is -0.622. The lowest BCUT2D eigenvalue weighted by atomic mass is 9.72. The Kier molecular flexibility index (Phi) is 5.39. The van der Waals surface area contributed by atoms with Gasteiger partial charge in [-0.15, -0.1) is 0 Å². The van der Waals surface area contributed by atoms with Crippen LogP contribution in [0.2, 0.25) is 0 Å². The Morgan fingerprint density at radius 1 is 1.27 bits per heavy atom. The lowest BCUT2D eigenvalue weighted by Gasteiger charge is -2.31. The molecule has 30 heavy (non-hydrogen) atoms. The van der Waals surface area contributed by atoms with Gasteiger partial charge in [-0.1, -0.05) is 31.5 Å². The molecule has 5 atom stereocenters. The first-order valence-electron chi connectivity index (χ1n) is 11.0. The minimum absolute atomic E-state index is 0.0289. The molecular formula is C25H32O5. The third-order valence-electron chi connectivity index (χ3n) is 7.18. The molecule has 2 aliphatic heterocycles. The number of hydrogen-bond acceptors (Lipinski definition) is 5. The van der Waals surface area contributed by atoms with Crippen molar-refractivity contribution in [3.8, 4) is 0 Å². The van der Waals surface area contributed by atoms with Crippen molar-refractivity contribution in [1.82, 2.24) is 0 Å². The molecule has 1 unspecified atom stereocenters. The maximum atomic E-state index is 13.9. The maximum Gasteiger partial charge on any atom is 0.313 e. The van der Waals surface area contributed by atoms with Gasteiger partial charge in [0.2, 0.25) is 0 Å². The first kappa shape index (κ1) is 21.3. The summed E-state index contributed by atoms with van der Waals surface area (Å²) in [6, 6.07) is 4.17. The number of ketones is 1. The third-order valence-corrected chi connectivity index (χ3v) is 7.18. The molecule has 2 fully saturated rings. The van der Waals surface area contributed by atoms with E-state index >= 15 is 0 Å². The van der Waals surface area contributed by atoms with Crippen LogP contribution in [0.5, 0.6) is 0 Å². The number of allylic oxidation sites excluding steroid dienone is 1. The van der Waals surface area contributed by atoms with Crippen LogP contribution in [0.25, 0.3) is 5.57 Å². The second kappa shape index (κ2) is 7.61. The van der Waals surface area contributed by atoms with Crippen molar-refractivity contribution in [2.45, 2.75) is 65.6 Å². The number of Topliss-reactive ketones (excluding diaryl/α,β-unsaturated/α-hetero) is 1. The van der Waals surface area contributed by atoms with Gasteiger partial charge in [0.1, 0.15) is 11.4 Å². The quantitative estimate of drug-likeness (QED) is 0.652. The SMILES string of the molecule is CCC(C)C(=O)OC1=C(c2c(C)cc(C)cc2C)C(=O)[C@H]2[C@@H]1[C@@H]1CC[C@@]2(COC)O1. The number of benzene rings is 1. The van der Waals surface area contributed by atoms with E-state index in [1.807, 2.05) is 27.7 Å². The number of rotatable bonds is 6. The molecule has 2 bridgehead atoms. The van der Waals surface area contributed by atoms with Crippen molar-refractivity contribution >= 4 is 17.3 Å². The van der Waals surface area contributed by atoms with E-state index in [1.165, 1.54) is 0 Å². The van der Waals surface area contributed by atoms with E-state index < -0.39 is 5.60 Å². The lowest BCUT2D eigenvalue weighted by molar-refractivity contribution is -0.144. The molecule has 0 radical (unpaired) electrons. The van der Waals surface area contributed by atoms with Gasteiger partial charge in [-0.2, -0.15) is 0 Å². The van der Waals surface area contributed by atoms with E-state index in [-0.39, 0.29) is 35.6 Å². The summed E-state index contributed by atoms with van der Waals surface area (Å²) in [5.41, 5.74) is 4.07. The number of ether oxygens (including phenoxy) is 3. The predicted molar refractivity (Wildman–Crippen MR) is 114 cm³/mol. The molecule has 0 amide bonds. The number of fused-ring (bicyclic) bond motifs is 5. The van der Waals surface area contributed by atoms with Gasteiger partial charge < -0.3 is 14.2 Å². The summed E-state index contributed by atoms with van der Waals surface area (Å²) >= 11 is 0. The van der Waals surface area contributed by atoms with Crippen molar-refractivity contribution < 1.29 is 23.8 Å². The average molecular weight is 413 g/mol. The van der Waals surface area contributed by atoms with Crippen LogP contribution >= 0.6 is 0 Å². The zero-order valence-electron chi connectivity index (χ0n) is 18.8. The summed E-state index contributed by atoms with van der Waals surface area (Å²) in [6.07, 6.45) is 2.22. The molecule has 3 aliphatic rings. The number of aryl methyl sites for hydroxylation is 3. The fourth-order valence-corrected chi connectivity index (χ4v) is 5.75. The van der Waals surface area contributed by atoms with Gasteiger partial charge in [-0.05, 0) is 56.7 Å². The second-order valence-electron chi connectivity index (χ2n) is 9.30. The van der Waals surface area contributed by atoms with E-state index in [0.29, 0.717) is 24.4 Å². The van der Waals surface area contributed by atoms with Crippen LogP contribution in [0.1, 0.15) is 55.4 Å². The van der Waals surface area contributed by atoms with Crippen LogP contribution in [0, 0.1) is 38.5 Å². The standard InChI is InChI=1S/C25H32O5/c1-7-14(3)24(27)29-23-19-17-8-9-25(30-17,12-28-6)21(19)22(26)20(23)18-15(4)10-13(2)11-16(18)5/h10-11,14,17,19,21H,7-9,12H2,1-6H3/t14?,17-,19-,21+,25-/m0/s1. The first-order valence-corrected chi connectivity index (χ1v) is 11.0. The van der Waals surface area contributed by atoms with E-state index in [2.05, 4.69) is 19.1 Å². The van der Waals surface area contributed by atoms with Crippen LogP contribution in [-0.4, -0.2) is 37.2 Å². The Hall–Kier alpha value is -1.98. The molecule has 1 aliphatic carbocycles. The smallest absolute Gasteiger partial charge is 0.313 e.